The second-order valence-corrected chi connectivity index (χ2v) is 7.07. The van der Waals surface area contributed by atoms with Gasteiger partial charge < -0.3 is 15.3 Å². The van der Waals surface area contributed by atoms with Crippen molar-refractivity contribution in [3.63, 3.8) is 0 Å². The first-order valence-electron chi connectivity index (χ1n) is 9.84. The quantitative estimate of drug-likeness (QED) is 0.498. The Morgan fingerprint density at radius 1 is 0.733 bits per heavy atom. The van der Waals surface area contributed by atoms with E-state index in [1.165, 1.54) is 0 Å². The molecule has 2 atom stereocenters. The fourth-order valence-electron chi connectivity index (χ4n) is 3.20. The Labute approximate surface area is 176 Å². The Bertz CT molecular complexity index is 923. The second-order valence-electron chi connectivity index (χ2n) is 7.07. The smallest absolute Gasteiger partial charge is 0.133 e. The molecule has 30 heavy (non-hydrogen) atoms. The molecule has 0 heterocycles. The van der Waals surface area contributed by atoms with Crippen LogP contribution in [0.4, 0.5) is 0 Å². The summed E-state index contributed by atoms with van der Waals surface area (Å²) in [5, 5.41) is 30.1. The van der Waals surface area contributed by atoms with Crippen LogP contribution < -0.4 is 0 Å². The zero-order valence-corrected chi connectivity index (χ0v) is 16.9. The van der Waals surface area contributed by atoms with Gasteiger partial charge in [0.15, 0.2) is 0 Å². The minimum atomic E-state index is -0.403. The van der Waals surface area contributed by atoms with E-state index in [4.69, 9.17) is 0 Å². The average molecular weight is 402 g/mol. The van der Waals surface area contributed by atoms with Gasteiger partial charge in [-0.2, -0.15) is 0 Å². The van der Waals surface area contributed by atoms with E-state index in [0.29, 0.717) is 11.1 Å². The van der Waals surface area contributed by atoms with Gasteiger partial charge in [0.05, 0.1) is 25.3 Å². The summed E-state index contributed by atoms with van der Waals surface area (Å²) >= 11 is 0. The third kappa shape index (κ3) is 5.41. The van der Waals surface area contributed by atoms with E-state index in [9.17, 15) is 15.3 Å². The summed E-state index contributed by atoms with van der Waals surface area (Å²) < 4.78 is 0. The fourth-order valence-corrected chi connectivity index (χ4v) is 3.20. The van der Waals surface area contributed by atoms with Crippen LogP contribution in [0.1, 0.15) is 39.9 Å². The van der Waals surface area contributed by atoms with Gasteiger partial charge in [-0.05, 0) is 35.7 Å². The maximum Gasteiger partial charge on any atom is 0.133 e. The molecular formula is C25H26N2O3. The fraction of sp³-hybridized carbons (Fsp3) is 0.200. The molecule has 3 N–H and O–H groups in total. The first-order chi connectivity index (χ1) is 14.6. The van der Waals surface area contributed by atoms with Crippen LogP contribution in [0.2, 0.25) is 0 Å². The summed E-state index contributed by atoms with van der Waals surface area (Å²) in [5.41, 5.74) is 3.84. The van der Waals surface area contributed by atoms with Crippen molar-refractivity contribution in [1.29, 1.82) is 0 Å². The Kier molecular flexibility index (Phi) is 7.49. The van der Waals surface area contributed by atoms with Crippen LogP contribution in [0, 0.1) is 6.92 Å². The van der Waals surface area contributed by atoms with Gasteiger partial charge in [0, 0.05) is 23.6 Å². The van der Waals surface area contributed by atoms with Gasteiger partial charge in [0.2, 0.25) is 0 Å². The Hall–Kier alpha value is -3.28. The summed E-state index contributed by atoms with van der Waals surface area (Å²) in [6, 6.07) is 21.9. The van der Waals surface area contributed by atoms with Crippen molar-refractivity contribution in [2.45, 2.75) is 19.0 Å². The summed E-state index contributed by atoms with van der Waals surface area (Å²) in [7, 11) is 0. The van der Waals surface area contributed by atoms with Crippen LogP contribution in [0.3, 0.4) is 0 Å². The van der Waals surface area contributed by atoms with E-state index in [1.807, 2.05) is 79.7 Å². The number of aliphatic hydroxyl groups is 2. The van der Waals surface area contributed by atoms with Crippen molar-refractivity contribution in [2.24, 2.45) is 9.98 Å². The number of benzene rings is 3. The standard InChI is InChI=1S/C25H26N2O3/c1-18-12-21(14-26-23(16-28)19-8-4-2-5-9-19)25(30)22(13-18)15-27-24(17-29)20-10-6-3-7-11-20/h2-15,23-24,28-30H,16-17H2,1H3/t23-,24-/m0/s1. The predicted molar refractivity (Wildman–Crippen MR) is 121 cm³/mol. The van der Waals surface area contributed by atoms with E-state index in [2.05, 4.69) is 9.98 Å². The van der Waals surface area contributed by atoms with Crippen molar-refractivity contribution >= 4 is 12.4 Å². The van der Waals surface area contributed by atoms with Crippen molar-refractivity contribution in [2.75, 3.05) is 13.2 Å². The van der Waals surface area contributed by atoms with Gasteiger partial charge >= 0.3 is 0 Å². The molecule has 3 rings (SSSR count). The van der Waals surface area contributed by atoms with Crippen LogP contribution in [0.15, 0.2) is 82.8 Å². The van der Waals surface area contributed by atoms with Crippen LogP contribution in [0.25, 0.3) is 0 Å². The summed E-state index contributed by atoms with van der Waals surface area (Å²) in [6.45, 7) is 1.67. The Morgan fingerprint density at radius 2 is 1.13 bits per heavy atom. The number of nitrogens with zero attached hydrogens (tertiary/aromatic N) is 2. The van der Waals surface area contributed by atoms with Gasteiger partial charge in [-0.15, -0.1) is 0 Å². The molecule has 0 aromatic heterocycles. The molecule has 5 heteroatoms. The molecule has 0 spiro atoms. The van der Waals surface area contributed by atoms with E-state index < -0.39 is 12.1 Å². The summed E-state index contributed by atoms with van der Waals surface area (Å²) in [5.74, 6) is 0.0580. The van der Waals surface area contributed by atoms with Crippen LogP contribution >= 0.6 is 0 Å². The molecule has 0 aliphatic heterocycles. The molecule has 0 fully saturated rings. The number of phenolic OH excluding ortho intramolecular Hbond substituents is 1. The van der Waals surface area contributed by atoms with Crippen LogP contribution in [-0.4, -0.2) is 41.0 Å². The monoisotopic (exact) mass is 402 g/mol. The normalized spacial score (nSPS) is 13.7. The van der Waals surface area contributed by atoms with Gasteiger partial charge in [-0.1, -0.05) is 60.7 Å². The number of rotatable bonds is 8. The van der Waals surface area contributed by atoms with Crippen molar-refractivity contribution < 1.29 is 15.3 Å². The van der Waals surface area contributed by atoms with Crippen molar-refractivity contribution in [1.82, 2.24) is 0 Å². The predicted octanol–water partition coefficient (Wildman–Crippen LogP) is 4.01. The van der Waals surface area contributed by atoms with Gasteiger partial charge in [0.1, 0.15) is 5.75 Å². The molecule has 0 bridgehead atoms. The number of phenols is 1. The third-order valence-corrected chi connectivity index (χ3v) is 4.81. The molecule has 0 saturated heterocycles. The van der Waals surface area contributed by atoms with Crippen molar-refractivity contribution in [3.05, 3.63) is 101 Å². The highest BCUT2D eigenvalue weighted by Gasteiger charge is 2.11. The highest BCUT2D eigenvalue weighted by Crippen LogP contribution is 2.25. The number of hydrogen-bond acceptors (Lipinski definition) is 5. The minimum absolute atomic E-state index is 0.0580. The molecule has 0 aliphatic rings. The van der Waals surface area contributed by atoms with E-state index in [0.717, 1.165) is 16.7 Å². The van der Waals surface area contributed by atoms with Crippen LogP contribution in [-0.2, 0) is 0 Å². The van der Waals surface area contributed by atoms with E-state index >= 15 is 0 Å². The lowest BCUT2D eigenvalue weighted by molar-refractivity contribution is 0.269. The highest BCUT2D eigenvalue weighted by molar-refractivity contribution is 5.92. The first-order valence-corrected chi connectivity index (χ1v) is 9.84. The maximum absolute atomic E-state index is 10.7. The van der Waals surface area contributed by atoms with Gasteiger partial charge in [-0.3, -0.25) is 9.98 Å². The molecule has 154 valence electrons. The van der Waals surface area contributed by atoms with Gasteiger partial charge in [0.25, 0.3) is 0 Å². The zero-order valence-electron chi connectivity index (χ0n) is 16.9. The first kappa shape index (κ1) is 21.4. The topological polar surface area (TPSA) is 85.4 Å². The van der Waals surface area contributed by atoms with Crippen LogP contribution in [0.5, 0.6) is 5.75 Å². The lowest BCUT2D eigenvalue weighted by Gasteiger charge is -2.11. The lowest BCUT2D eigenvalue weighted by Crippen LogP contribution is -2.03. The minimum Gasteiger partial charge on any atom is -0.507 e. The Morgan fingerprint density at radius 3 is 1.50 bits per heavy atom. The highest BCUT2D eigenvalue weighted by atomic mass is 16.3. The SMILES string of the molecule is Cc1cc(C=N[C@@H](CO)c2ccccc2)c(O)c(C=N[C@@H](CO)c2ccccc2)c1. The zero-order chi connectivity index (χ0) is 21.3. The maximum atomic E-state index is 10.7. The van der Waals surface area contributed by atoms with E-state index in [1.54, 1.807) is 12.4 Å². The molecule has 3 aromatic carbocycles. The molecule has 0 amide bonds. The molecule has 0 unspecified atom stereocenters. The summed E-state index contributed by atoms with van der Waals surface area (Å²) in [6.07, 6.45) is 3.16. The number of aryl methyl sites for hydroxylation is 1. The average Bonchev–Trinajstić information content (AvgIpc) is 2.78. The molecule has 0 aliphatic carbocycles. The number of aliphatic hydroxyl groups excluding tert-OH is 2. The molecule has 5 nitrogen and oxygen atoms in total. The molecule has 0 saturated carbocycles. The van der Waals surface area contributed by atoms with E-state index in [-0.39, 0.29) is 19.0 Å². The number of aliphatic imine (C=N–C) groups is 2. The number of aromatic hydroxyl groups is 1. The Balaban J connectivity index is 1.86. The third-order valence-electron chi connectivity index (χ3n) is 4.81. The molecule has 3 aromatic rings. The molecular weight excluding hydrogens is 376 g/mol. The largest absolute Gasteiger partial charge is 0.507 e. The molecule has 0 radical (unpaired) electrons. The summed E-state index contributed by atoms with van der Waals surface area (Å²) in [4.78, 5) is 8.93. The number of hydrogen-bond donors (Lipinski definition) is 3. The second kappa shape index (κ2) is 10.5. The lowest BCUT2D eigenvalue weighted by atomic mass is 10.0. The van der Waals surface area contributed by atoms with Gasteiger partial charge in [-0.25, -0.2) is 0 Å². The van der Waals surface area contributed by atoms with Crippen molar-refractivity contribution in [3.8, 4) is 5.75 Å².